The summed E-state index contributed by atoms with van der Waals surface area (Å²) >= 11 is 0. The van der Waals surface area contributed by atoms with E-state index in [1.807, 2.05) is 0 Å². The van der Waals surface area contributed by atoms with Gasteiger partial charge in [0.2, 0.25) is 6.09 Å². The minimum atomic E-state index is -1.58. The number of amides is 2. The van der Waals surface area contributed by atoms with Crippen LogP contribution in [0.2, 0.25) is 0 Å². The fraction of sp³-hybridized carbons (Fsp3) is 0.333. The zero-order chi connectivity index (χ0) is 7.15. The first kappa shape index (κ1) is 15.9. The van der Waals surface area contributed by atoms with Crippen LogP contribution in [0.15, 0.2) is 0 Å². The van der Waals surface area contributed by atoms with E-state index in [0.29, 0.717) is 0 Å². The monoisotopic (exact) mass is 207 g/mol. The van der Waals surface area contributed by atoms with Crippen LogP contribution >= 0.6 is 0 Å². The van der Waals surface area contributed by atoms with Crippen LogP contribution in [-0.2, 0) is 37.5 Å². The molecule has 3 N–H and O–H groups in total. The second-order valence-corrected chi connectivity index (χ2v) is 0.861. The van der Waals surface area contributed by atoms with E-state index in [1.54, 1.807) is 0 Å². The minimum Gasteiger partial charge on any atom is -0.668 e. The Morgan fingerprint density at radius 3 is 1.33 bits per heavy atom. The van der Waals surface area contributed by atoms with E-state index in [1.165, 1.54) is 6.92 Å². The van der Waals surface area contributed by atoms with E-state index in [-0.39, 0.29) is 32.7 Å². The molecule has 1 radical (unpaired) electrons. The second-order valence-electron chi connectivity index (χ2n) is 0.861. The van der Waals surface area contributed by atoms with Gasteiger partial charge in [-0.3, -0.25) is 4.79 Å². The summed E-state index contributed by atoms with van der Waals surface area (Å²) in [7, 11) is 0. The van der Waals surface area contributed by atoms with Crippen molar-refractivity contribution >= 4 is 12.0 Å². The summed E-state index contributed by atoms with van der Waals surface area (Å²) in [5, 5.41) is 7.08. The summed E-state index contributed by atoms with van der Waals surface area (Å²) in [6, 6.07) is 0. The molecule has 0 aromatic carbocycles. The summed E-state index contributed by atoms with van der Waals surface area (Å²) in [6.07, 6.45) is -1.58. The van der Waals surface area contributed by atoms with Crippen LogP contribution < -0.4 is 0 Å². The van der Waals surface area contributed by atoms with Gasteiger partial charge in [-0.2, -0.15) is 0 Å². The first-order chi connectivity index (χ1) is 3.46. The number of hydrogen-bond acceptors (Lipinski definition) is 2. The van der Waals surface area contributed by atoms with Gasteiger partial charge in [0.05, 0.1) is 0 Å². The summed E-state index contributed by atoms with van der Waals surface area (Å²) in [4.78, 5) is 17.8. The molecule has 0 saturated carbocycles. The number of carbonyl (C=O) groups excluding carboxylic acids is 1. The van der Waals surface area contributed by atoms with Gasteiger partial charge in [0, 0.05) is 38.6 Å². The van der Waals surface area contributed by atoms with E-state index < -0.39 is 12.0 Å². The van der Waals surface area contributed by atoms with Crippen molar-refractivity contribution in [3.63, 3.8) is 0 Å². The number of carbonyl (C=O) groups is 2. The van der Waals surface area contributed by atoms with Crippen molar-refractivity contribution in [2.75, 3.05) is 0 Å². The SMILES string of the molecule is CC([NH-])=O.[NH-]C(=O)O.[Y]. The third kappa shape index (κ3) is 11000. The molecule has 0 fully saturated rings. The average molecular weight is 207 g/mol. The van der Waals surface area contributed by atoms with Crippen LogP contribution in [0.1, 0.15) is 6.92 Å². The first-order valence-electron chi connectivity index (χ1n) is 1.63. The maximum atomic E-state index is 9.11. The summed E-state index contributed by atoms with van der Waals surface area (Å²) in [5.74, 6) is -0.583. The Kier molecular flexibility index (Phi) is 19.0. The van der Waals surface area contributed by atoms with Gasteiger partial charge in [0.1, 0.15) is 0 Å². The van der Waals surface area contributed by atoms with Gasteiger partial charge in [-0.25, -0.2) is 0 Å². The van der Waals surface area contributed by atoms with E-state index >= 15 is 0 Å². The molecule has 0 bridgehead atoms. The Morgan fingerprint density at radius 1 is 1.33 bits per heavy atom. The summed E-state index contributed by atoms with van der Waals surface area (Å²) in [5.41, 5.74) is 11.4. The van der Waals surface area contributed by atoms with Gasteiger partial charge >= 0.3 is 0 Å². The van der Waals surface area contributed by atoms with Crippen LogP contribution in [0.5, 0.6) is 0 Å². The van der Waals surface area contributed by atoms with Crippen LogP contribution in [-0.4, -0.2) is 17.1 Å². The first-order valence-corrected chi connectivity index (χ1v) is 1.63. The third-order valence-corrected chi connectivity index (χ3v) is 0. The molecule has 5 nitrogen and oxygen atoms in total. The molecule has 0 spiro atoms. The predicted molar refractivity (Wildman–Crippen MR) is 27.3 cm³/mol. The Bertz CT molecular complexity index is 75.1. The van der Waals surface area contributed by atoms with Gasteiger partial charge in [-0.1, -0.05) is 0 Å². The molecule has 0 unspecified atom stereocenters. The van der Waals surface area contributed by atoms with Crippen molar-refractivity contribution < 1.29 is 47.4 Å². The van der Waals surface area contributed by atoms with E-state index in [0.717, 1.165) is 0 Å². The number of rotatable bonds is 0. The van der Waals surface area contributed by atoms with Crippen LogP contribution in [0.25, 0.3) is 11.5 Å². The normalized spacial score (nSPS) is 5.44. The van der Waals surface area contributed by atoms with Crippen LogP contribution in [0, 0.1) is 0 Å². The molecule has 0 saturated heterocycles. The fourth-order valence-corrected chi connectivity index (χ4v) is 0. The second kappa shape index (κ2) is 10.8. The molecule has 0 rings (SSSR count). The average Bonchev–Trinajstić information content (AvgIpc) is 1.25. The Hall–Kier alpha value is -0.156. The topological polar surface area (TPSA) is 102 Å². The molecule has 6 heteroatoms. The van der Waals surface area contributed by atoms with Gasteiger partial charge in [0.25, 0.3) is 0 Å². The standard InChI is InChI=1S/C2H5NO.CH2NO2.Y/c1-2(3)4;2-1(3)4;/h1H3,(H2,3,4);2H,(H,3,4);/q;-1;/p-1. The zero-order valence-corrected chi connectivity index (χ0v) is 7.68. The van der Waals surface area contributed by atoms with Crippen molar-refractivity contribution in [3.05, 3.63) is 11.5 Å². The molecular formula is C3H6N2O3Y-2. The zero-order valence-electron chi connectivity index (χ0n) is 4.84. The molecule has 0 aromatic heterocycles. The molecule has 0 heterocycles. The minimum absolute atomic E-state index is 0. The molecular weight excluding hydrogens is 201 g/mol. The number of carboxylic acid groups (broad SMARTS) is 1. The predicted octanol–water partition coefficient (Wildman–Crippen LogP) is 1.30. The quantitative estimate of drug-likeness (QED) is 0.647. The van der Waals surface area contributed by atoms with Crippen molar-refractivity contribution in [1.29, 1.82) is 0 Å². The molecule has 2 amide bonds. The van der Waals surface area contributed by atoms with Crippen molar-refractivity contribution in [3.8, 4) is 0 Å². The molecule has 0 aliphatic carbocycles. The fourth-order valence-electron chi connectivity index (χ4n) is 0. The van der Waals surface area contributed by atoms with Crippen molar-refractivity contribution in [2.24, 2.45) is 0 Å². The van der Waals surface area contributed by atoms with Gasteiger partial charge in [-0.05, 0) is 6.92 Å². The maximum absolute atomic E-state index is 9.11. The number of nitrogens with one attached hydrogen (secondary N) is 2. The molecule has 0 atom stereocenters. The molecule has 0 aliphatic rings. The van der Waals surface area contributed by atoms with Crippen molar-refractivity contribution in [2.45, 2.75) is 6.92 Å². The van der Waals surface area contributed by atoms with E-state index in [9.17, 15) is 0 Å². The summed E-state index contributed by atoms with van der Waals surface area (Å²) in [6.45, 7) is 1.19. The molecule has 51 valence electrons. The largest absolute Gasteiger partial charge is 0.668 e. The summed E-state index contributed by atoms with van der Waals surface area (Å²) < 4.78 is 0. The van der Waals surface area contributed by atoms with Gasteiger partial charge in [-0.15, -0.1) is 0 Å². The van der Waals surface area contributed by atoms with Gasteiger partial charge < -0.3 is 21.4 Å². The Labute approximate surface area is 77.7 Å². The molecule has 0 aliphatic heterocycles. The third-order valence-electron chi connectivity index (χ3n) is 0. The maximum Gasteiger partial charge on any atom is 0.224 e. The van der Waals surface area contributed by atoms with E-state index in [4.69, 9.17) is 26.2 Å². The van der Waals surface area contributed by atoms with Crippen molar-refractivity contribution in [1.82, 2.24) is 0 Å². The Balaban J connectivity index is -0.0000000720. The number of hydrogen-bond donors (Lipinski definition) is 1. The van der Waals surface area contributed by atoms with E-state index in [2.05, 4.69) is 0 Å². The van der Waals surface area contributed by atoms with Crippen LogP contribution in [0.3, 0.4) is 0 Å². The smallest absolute Gasteiger partial charge is 0.224 e. The molecule has 9 heavy (non-hydrogen) atoms. The van der Waals surface area contributed by atoms with Crippen LogP contribution in [0.4, 0.5) is 4.79 Å². The van der Waals surface area contributed by atoms with Gasteiger partial charge in [0.15, 0.2) is 0 Å². The molecule has 0 aromatic rings. The Morgan fingerprint density at radius 2 is 1.33 bits per heavy atom.